The van der Waals surface area contributed by atoms with Crippen molar-refractivity contribution < 1.29 is 22.6 Å². The molecule has 1 aliphatic carbocycles. The van der Waals surface area contributed by atoms with E-state index in [4.69, 9.17) is 14.2 Å². The molecule has 0 saturated heterocycles. The minimum Gasteiger partial charge on any atom is -0.497 e. The number of sulfonamides is 1. The Bertz CT molecular complexity index is 935. The molecule has 1 fully saturated rings. The van der Waals surface area contributed by atoms with Gasteiger partial charge in [0, 0.05) is 12.0 Å². The van der Waals surface area contributed by atoms with Crippen molar-refractivity contribution in [2.45, 2.75) is 30.1 Å². The highest BCUT2D eigenvalue weighted by Crippen LogP contribution is 2.49. The molecule has 7 heteroatoms. The lowest BCUT2D eigenvalue weighted by molar-refractivity contribution is 0.354. The molecule has 27 heavy (non-hydrogen) atoms. The van der Waals surface area contributed by atoms with Crippen LogP contribution >= 0.6 is 0 Å². The fourth-order valence-corrected chi connectivity index (χ4v) is 4.60. The number of hydrogen-bond acceptors (Lipinski definition) is 5. The summed E-state index contributed by atoms with van der Waals surface area (Å²) in [5, 5.41) is 0. The second-order valence-electron chi connectivity index (χ2n) is 6.81. The number of ether oxygens (including phenoxy) is 3. The molecule has 2 aromatic carbocycles. The van der Waals surface area contributed by atoms with Gasteiger partial charge in [-0.3, -0.25) is 0 Å². The number of rotatable bonds is 8. The van der Waals surface area contributed by atoms with Crippen molar-refractivity contribution in [2.24, 2.45) is 0 Å². The minimum atomic E-state index is -3.61. The highest BCUT2D eigenvalue weighted by molar-refractivity contribution is 7.89. The zero-order valence-electron chi connectivity index (χ0n) is 16.0. The van der Waals surface area contributed by atoms with Crippen LogP contribution in [-0.4, -0.2) is 36.3 Å². The van der Waals surface area contributed by atoms with E-state index in [1.54, 1.807) is 46.5 Å². The SMILES string of the molecule is COc1ccc(S(=O)(=O)NCC2(c3ccc(OC)c(OC)c3)CC2)c(C)c1. The zero-order valence-corrected chi connectivity index (χ0v) is 16.9. The summed E-state index contributed by atoms with van der Waals surface area (Å²) >= 11 is 0. The molecule has 0 radical (unpaired) electrons. The number of aryl methyl sites for hydroxylation is 1. The third-order valence-electron chi connectivity index (χ3n) is 5.12. The molecule has 0 amide bonds. The van der Waals surface area contributed by atoms with Gasteiger partial charge >= 0.3 is 0 Å². The average molecular weight is 391 g/mol. The van der Waals surface area contributed by atoms with Crippen molar-refractivity contribution in [3.05, 3.63) is 47.5 Å². The second-order valence-corrected chi connectivity index (χ2v) is 8.54. The maximum atomic E-state index is 12.8. The molecule has 1 aliphatic rings. The topological polar surface area (TPSA) is 73.9 Å². The molecule has 3 rings (SSSR count). The molecule has 0 unspecified atom stereocenters. The molecule has 2 aromatic rings. The quantitative estimate of drug-likeness (QED) is 0.749. The first-order chi connectivity index (χ1) is 12.8. The van der Waals surface area contributed by atoms with Crippen molar-refractivity contribution >= 4 is 10.0 Å². The maximum absolute atomic E-state index is 12.8. The van der Waals surface area contributed by atoms with E-state index >= 15 is 0 Å². The van der Waals surface area contributed by atoms with Crippen LogP contribution in [0.3, 0.4) is 0 Å². The van der Waals surface area contributed by atoms with Gasteiger partial charge in [0.05, 0.1) is 26.2 Å². The van der Waals surface area contributed by atoms with Crippen molar-refractivity contribution in [1.29, 1.82) is 0 Å². The molecule has 0 atom stereocenters. The fourth-order valence-electron chi connectivity index (χ4n) is 3.25. The second kappa shape index (κ2) is 7.40. The Balaban J connectivity index is 1.79. The third kappa shape index (κ3) is 3.89. The van der Waals surface area contributed by atoms with Gasteiger partial charge in [-0.25, -0.2) is 13.1 Å². The van der Waals surface area contributed by atoms with E-state index in [0.29, 0.717) is 29.4 Å². The highest BCUT2D eigenvalue weighted by Gasteiger charge is 2.45. The molecule has 0 heterocycles. The molecule has 6 nitrogen and oxygen atoms in total. The van der Waals surface area contributed by atoms with E-state index in [1.807, 2.05) is 18.2 Å². The Morgan fingerprint density at radius 3 is 2.22 bits per heavy atom. The number of benzene rings is 2. The molecule has 0 spiro atoms. The summed E-state index contributed by atoms with van der Waals surface area (Å²) in [5.74, 6) is 1.94. The first-order valence-electron chi connectivity index (χ1n) is 8.72. The molecule has 0 aromatic heterocycles. The third-order valence-corrected chi connectivity index (χ3v) is 6.68. The molecule has 1 saturated carbocycles. The summed E-state index contributed by atoms with van der Waals surface area (Å²) < 4.78 is 44.2. The van der Waals surface area contributed by atoms with Gasteiger partial charge in [-0.2, -0.15) is 0 Å². The van der Waals surface area contributed by atoms with E-state index in [0.717, 1.165) is 18.4 Å². The van der Waals surface area contributed by atoms with Crippen LogP contribution < -0.4 is 18.9 Å². The van der Waals surface area contributed by atoms with Crippen LogP contribution in [0.1, 0.15) is 24.0 Å². The summed E-state index contributed by atoms with van der Waals surface area (Å²) in [6.07, 6.45) is 1.85. The largest absolute Gasteiger partial charge is 0.497 e. The van der Waals surface area contributed by atoms with Gasteiger partial charge in [-0.1, -0.05) is 6.07 Å². The van der Waals surface area contributed by atoms with Crippen molar-refractivity contribution in [2.75, 3.05) is 27.9 Å². The van der Waals surface area contributed by atoms with Gasteiger partial charge in [0.2, 0.25) is 10.0 Å². The van der Waals surface area contributed by atoms with E-state index < -0.39 is 10.0 Å². The summed E-state index contributed by atoms with van der Waals surface area (Å²) in [4.78, 5) is 0.270. The van der Waals surface area contributed by atoms with Crippen molar-refractivity contribution in [3.8, 4) is 17.2 Å². The number of hydrogen-bond donors (Lipinski definition) is 1. The van der Waals surface area contributed by atoms with Crippen LogP contribution in [0.25, 0.3) is 0 Å². The van der Waals surface area contributed by atoms with Gasteiger partial charge in [0.1, 0.15) is 5.75 Å². The Hall–Kier alpha value is -2.25. The number of methoxy groups -OCH3 is 3. The Morgan fingerprint density at radius 1 is 0.963 bits per heavy atom. The molecular formula is C20H25NO5S. The molecule has 146 valence electrons. The van der Waals surface area contributed by atoms with Gasteiger partial charge in [0.25, 0.3) is 0 Å². The predicted molar refractivity (Wildman–Crippen MR) is 103 cm³/mol. The van der Waals surface area contributed by atoms with Gasteiger partial charge in [-0.05, 0) is 61.2 Å². The predicted octanol–water partition coefficient (Wildman–Crippen LogP) is 3.03. The monoisotopic (exact) mass is 391 g/mol. The summed E-state index contributed by atoms with van der Waals surface area (Å²) in [6, 6.07) is 10.7. The fraction of sp³-hybridized carbons (Fsp3) is 0.400. The van der Waals surface area contributed by atoms with Crippen LogP contribution in [0, 0.1) is 6.92 Å². The lowest BCUT2D eigenvalue weighted by atomic mass is 9.96. The average Bonchev–Trinajstić information content (AvgIpc) is 3.46. The van der Waals surface area contributed by atoms with E-state index in [-0.39, 0.29) is 10.3 Å². The molecule has 0 bridgehead atoms. The summed E-state index contributed by atoms with van der Waals surface area (Å²) in [6.45, 7) is 2.11. The Labute approximate surface area is 160 Å². The Morgan fingerprint density at radius 2 is 1.67 bits per heavy atom. The van der Waals surface area contributed by atoms with E-state index in [9.17, 15) is 8.42 Å². The van der Waals surface area contributed by atoms with Gasteiger partial charge in [-0.15, -0.1) is 0 Å². The lowest BCUT2D eigenvalue weighted by Crippen LogP contribution is -2.32. The lowest BCUT2D eigenvalue weighted by Gasteiger charge is -2.19. The maximum Gasteiger partial charge on any atom is 0.240 e. The normalized spacial score (nSPS) is 15.3. The van der Waals surface area contributed by atoms with Crippen LogP contribution in [0.5, 0.6) is 17.2 Å². The minimum absolute atomic E-state index is 0.201. The van der Waals surface area contributed by atoms with Crippen LogP contribution in [0.2, 0.25) is 0 Å². The van der Waals surface area contributed by atoms with Crippen LogP contribution in [0.15, 0.2) is 41.3 Å². The number of nitrogens with one attached hydrogen (secondary N) is 1. The highest BCUT2D eigenvalue weighted by atomic mass is 32.2. The smallest absolute Gasteiger partial charge is 0.240 e. The van der Waals surface area contributed by atoms with E-state index in [1.165, 1.54) is 0 Å². The first kappa shape index (κ1) is 19.5. The Kier molecular flexibility index (Phi) is 5.35. The first-order valence-corrected chi connectivity index (χ1v) is 10.2. The van der Waals surface area contributed by atoms with Gasteiger partial charge < -0.3 is 14.2 Å². The van der Waals surface area contributed by atoms with Gasteiger partial charge in [0.15, 0.2) is 11.5 Å². The standard InChI is InChI=1S/C20H25NO5S/c1-14-11-16(24-2)6-8-19(14)27(22,23)21-13-20(9-10-20)15-5-7-17(25-3)18(12-15)26-4/h5-8,11-12,21H,9-10,13H2,1-4H3. The molecule has 1 N–H and O–H groups in total. The van der Waals surface area contributed by atoms with E-state index in [2.05, 4.69) is 4.72 Å². The summed E-state index contributed by atoms with van der Waals surface area (Å²) in [5.41, 5.74) is 1.50. The van der Waals surface area contributed by atoms with Crippen LogP contribution in [-0.2, 0) is 15.4 Å². The summed E-state index contributed by atoms with van der Waals surface area (Å²) in [7, 11) is 1.14. The van der Waals surface area contributed by atoms with Crippen molar-refractivity contribution in [3.63, 3.8) is 0 Å². The zero-order chi connectivity index (χ0) is 19.7. The van der Waals surface area contributed by atoms with Crippen molar-refractivity contribution in [1.82, 2.24) is 4.72 Å². The molecule has 0 aliphatic heterocycles. The van der Waals surface area contributed by atoms with Crippen LogP contribution in [0.4, 0.5) is 0 Å². The molecular weight excluding hydrogens is 366 g/mol.